The smallest absolute Gasteiger partial charge is 0.253 e. The van der Waals surface area contributed by atoms with E-state index in [2.05, 4.69) is 16.8 Å². The molecule has 1 aromatic rings. The first kappa shape index (κ1) is 12.7. The first-order chi connectivity index (χ1) is 8.54. The number of primary amides is 1. The van der Waals surface area contributed by atoms with E-state index in [1.54, 1.807) is 0 Å². The third-order valence-corrected chi connectivity index (χ3v) is 4.24. The van der Waals surface area contributed by atoms with Crippen LogP contribution in [0.1, 0.15) is 15.2 Å². The van der Waals surface area contributed by atoms with E-state index in [1.807, 2.05) is 6.07 Å². The van der Waals surface area contributed by atoms with E-state index in [-0.39, 0.29) is 5.69 Å². The van der Waals surface area contributed by atoms with Crippen LogP contribution in [0.25, 0.3) is 0 Å². The van der Waals surface area contributed by atoms with E-state index in [4.69, 9.17) is 16.7 Å². The van der Waals surface area contributed by atoms with Crippen LogP contribution < -0.4 is 16.4 Å². The van der Waals surface area contributed by atoms with Crippen molar-refractivity contribution < 1.29 is 4.79 Å². The maximum absolute atomic E-state index is 11.5. The molecule has 0 bridgehead atoms. The van der Waals surface area contributed by atoms with Crippen molar-refractivity contribution in [3.8, 4) is 6.07 Å². The van der Waals surface area contributed by atoms with Gasteiger partial charge in [0.1, 0.15) is 15.9 Å². The van der Waals surface area contributed by atoms with Gasteiger partial charge in [-0.1, -0.05) is 0 Å². The predicted molar refractivity (Wildman–Crippen MR) is 71.7 cm³/mol. The topological polar surface area (TPSA) is 99.4 Å². The maximum atomic E-state index is 11.5. The molecule has 1 saturated heterocycles. The zero-order valence-electron chi connectivity index (χ0n) is 10.1. The van der Waals surface area contributed by atoms with Crippen molar-refractivity contribution >= 4 is 27.9 Å². The third-order valence-electron chi connectivity index (χ3n) is 3.06. The molecule has 2 rings (SSSR count). The predicted octanol–water partition coefficient (Wildman–Crippen LogP) is 0.0527. The van der Waals surface area contributed by atoms with Crippen LogP contribution in [-0.2, 0) is 0 Å². The van der Waals surface area contributed by atoms with E-state index in [9.17, 15) is 4.79 Å². The second kappa shape index (κ2) is 4.84. The molecular formula is C11H15N5OS. The molecule has 0 spiro atoms. The molecule has 0 atom stereocenters. The van der Waals surface area contributed by atoms with Crippen molar-refractivity contribution in [3.05, 3.63) is 10.4 Å². The number of nitrogens with two attached hydrogens (primary N) is 2. The highest BCUT2D eigenvalue weighted by Crippen LogP contribution is 2.37. The number of rotatable bonds is 2. The van der Waals surface area contributed by atoms with Crippen LogP contribution >= 0.6 is 11.3 Å². The number of nitriles is 1. The molecule has 1 aliphatic heterocycles. The number of carbonyl (C=O) groups is 1. The van der Waals surface area contributed by atoms with Crippen molar-refractivity contribution in [1.82, 2.24) is 4.90 Å². The number of thiophene rings is 1. The van der Waals surface area contributed by atoms with Gasteiger partial charge in [-0.15, -0.1) is 11.3 Å². The number of anilines is 2. The highest BCUT2D eigenvalue weighted by Gasteiger charge is 2.25. The van der Waals surface area contributed by atoms with Gasteiger partial charge in [0.05, 0.1) is 11.3 Å². The summed E-state index contributed by atoms with van der Waals surface area (Å²) in [6.45, 7) is 3.44. The number of nitrogens with zero attached hydrogens (tertiary/aromatic N) is 3. The van der Waals surface area contributed by atoms with Crippen molar-refractivity contribution in [2.75, 3.05) is 43.9 Å². The molecule has 7 heteroatoms. The fourth-order valence-electron chi connectivity index (χ4n) is 1.98. The third kappa shape index (κ3) is 2.12. The lowest BCUT2D eigenvalue weighted by Gasteiger charge is -2.33. The molecule has 96 valence electrons. The van der Waals surface area contributed by atoms with E-state index < -0.39 is 5.91 Å². The van der Waals surface area contributed by atoms with Crippen LogP contribution in [0.3, 0.4) is 0 Å². The molecule has 1 aromatic heterocycles. The minimum atomic E-state index is -0.570. The summed E-state index contributed by atoms with van der Waals surface area (Å²) in [7, 11) is 2.05. The van der Waals surface area contributed by atoms with Crippen LogP contribution in [0, 0.1) is 11.3 Å². The van der Waals surface area contributed by atoms with Gasteiger partial charge in [0.15, 0.2) is 0 Å². The number of piperazine rings is 1. The number of hydrogen-bond acceptors (Lipinski definition) is 6. The Hall–Kier alpha value is -1.78. The molecule has 0 radical (unpaired) electrons. The summed E-state index contributed by atoms with van der Waals surface area (Å²) in [6, 6.07) is 2.01. The van der Waals surface area contributed by atoms with Gasteiger partial charge >= 0.3 is 0 Å². The van der Waals surface area contributed by atoms with Crippen molar-refractivity contribution in [2.45, 2.75) is 0 Å². The maximum Gasteiger partial charge on any atom is 0.253 e. The summed E-state index contributed by atoms with van der Waals surface area (Å²) in [5.74, 6) is -0.570. The van der Waals surface area contributed by atoms with Crippen LogP contribution in [0.2, 0.25) is 0 Å². The van der Waals surface area contributed by atoms with Crippen molar-refractivity contribution in [2.24, 2.45) is 5.73 Å². The van der Waals surface area contributed by atoms with Crippen LogP contribution in [0.5, 0.6) is 0 Å². The normalized spacial score (nSPS) is 16.6. The summed E-state index contributed by atoms with van der Waals surface area (Å²) < 4.78 is 0. The van der Waals surface area contributed by atoms with Crippen LogP contribution in [0.4, 0.5) is 10.7 Å². The average molecular weight is 265 g/mol. The number of likely N-dealkylation sites (N-methyl/N-ethyl adjacent to an activating group) is 1. The number of nitrogen functional groups attached to an aromatic ring is 1. The second-order valence-electron chi connectivity index (χ2n) is 4.29. The Kier molecular flexibility index (Phi) is 3.41. The Labute approximate surface area is 109 Å². The Morgan fingerprint density at radius 2 is 2.00 bits per heavy atom. The molecule has 0 aliphatic carbocycles. The monoisotopic (exact) mass is 265 g/mol. The standard InChI is InChI=1S/C11H15N5OS/c1-15-2-4-16(5-3-15)11-8(10(14)17)9(13)7(6-12)18-11/h2-5,13H2,1H3,(H2,14,17). The highest BCUT2D eigenvalue weighted by atomic mass is 32.1. The number of carbonyl (C=O) groups excluding carboxylic acids is 1. The molecule has 0 saturated carbocycles. The average Bonchev–Trinajstić information content (AvgIpc) is 2.67. The van der Waals surface area contributed by atoms with E-state index in [0.717, 1.165) is 31.2 Å². The minimum Gasteiger partial charge on any atom is -0.396 e. The lowest BCUT2D eigenvalue weighted by atomic mass is 10.2. The molecule has 4 N–H and O–H groups in total. The lowest BCUT2D eigenvalue weighted by Crippen LogP contribution is -2.44. The Morgan fingerprint density at radius 1 is 1.39 bits per heavy atom. The summed E-state index contributed by atoms with van der Waals surface area (Å²) in [5.41, 5.74) is 11.7. The zero-order chi connectivity index (χ0) is 13.3. The van der Waals surface area contributed by atoms with E-state index >= 15 is 0 Å². The number of amides is 1. The summed E-state index contributed by atoms with van der Waals surface area (Å²) in [6.07, 6.45) is 0. The highest BCUT2D eigenvalue weighted by molar-refractivity contribution is 7.17. The van der Waals surface area contributed by atoms with Gasteiger partial charge in [-0.25, -0.2) is 0 Å². The molecule has 1 aliphatic rings. The quantitative estimate of drug-likeness (QED) is 0.787. The first-order valence-corrected chi connectivity index (χ1v) is 6.42. The molecule has 2 heterocycles. The van der Waals surface area contributed by atoms with Gasteiger partial charge in [-0.2, -0.15) is 5.26 Å². The van der Waals surface area contributed by atoms with Crippen molar-refractivity contribution in [3.63, 3.8) is 0 Å². The molecule has 0 unspecified atom stereocenters. The molecule has 6 nitrogen and oxygen atoms in total. The van der Waals surface area contributed by atoms with Crippen LogP contribution in [-0.4, -0.2) is 44.0 Å². The Bertz CT molecular complexity index is 510. The summed E-state index contributed by atoms with van der Waals surface area (Å²) in [5, 5.41) is 9.71. The van der Waals surface area contributed by atoms with Gasteiger partial charge < -0.3 is 21.3 Å². The fourth-order valence-corrected chi connectivity index (χ4v) is 3.06. The van der Waals surface area contributed by atoms with Crippen LogP contribution in [0.15, 0.2) is 0 Å². The molecular weight excluding hydrogens is 250 g/mol. The van der Waals surface area contributed by atoms with Gasteiger partial charge in [-0.05, 0) is 7.05 Å². The largest absolute Gasteiger partial charge is 0.396 e. The Morgan fingerprint density at radius 3 is 2.50 bits per heavy atom. The second-order valence-corrected chi connectivity index (χ2v) is 5.29. The van der Waals surface area contributed by atoms with Gasteiger partial charge in [0.2, 0.25) is 0 Å². The molecule has 18 heavy (non-hydrogen) atoms. The fraction of sp³-hybridized carbons (Fsp3) is 0.455. The van der Waals surface area contributed by atoms with Crippen molar-refractivity contribution in [1.29, 1.82) is 5.26 Å². The molecule has 1 amide bonds. The minimum absolute atomic E-state index is 0.212. The summed E-state index contributed by atoms with van der Waals surface area (Å²) >= 11 is 1.24. The molecule has 0 aromatic carbocycles. The van der Waals surface area contributed by atoms with Gasteiger partial charge in [0, 0.05) is 26.2 Å². The first-order valence-electron chi connectivity index (χ1n) is 5.60. The Balaban J connectivity index is 2.38. The summed E-state index contributed by atoms with van der Waals surface area (Å²) in [4.78, 5) is 16.1. The number of hydrogen-bond donors (Lipinski definition) is 2. The lowest BCUT2D eigenvalue weighted by molar-refractivity contribution is 0.100. The SMILES string of the molecule is CN1CCN(c2sc(C#N)c(N)c2C(N)=O)CC1. The zero-order valence-corrected chi connectivity index (χ0v) is 11.0. The van der Waals surface area contributed by atoms with E-state index in [1.165, 1.54) is 11.3 Å². The molecule has 1 fully saturated rings. The van der Waals surface area contributed by atoms with Gasteiger partial charge in [-0.3, -0.25) is 4.79 Å². The van der Waals surface area contributed by atoms with E-state index in [0.29, 0.717) is 10.4 Å². The van der Waals surface area contributed by atoms with Gasteiger partial charge in [0.25, 0.3) is 5.91 Å².